The number of ether oxygens (including phenoxy) is 2. The highest BCUT2D eigenvalue weighted by Crippen LogP contribution is 2.36. The van der Waals surface area contributed by atoms with E-state index in [0.717, 1.165) is 11.1 Å². The number of carbonyl (C=O) groups excluding carboxylic acids is 6. The Hall–Kier alpha value is -6.42. The molecule has 0 saturated carbocycles. The smallest absolute Gasteiger partial charge is 0.268 e. The van der Waals surface area contributed by atoms with Crippen molar-refractivity contribution in [2.45, 2.75) is 33.1 Å². The molecule has 2 heterocycles. The van der Waals surface area contributed by atoms with E-state index in [9.17, 15) is 28.8 Å². The molecule has 2 aliphatic heterocycles. The van der Waals surface area contributed by atoms with Crippen LogP contribution in [0.15, 0.2) is 109 Å². The molecule has 49 heavy (non-hydrogen) atoms. The van der Waals surface area contributed by atoms with Gasteiger partial charge in [0.25, 0.3) is 35.4 Å². The van der Waals surface area contributed by atoms with Crippen molar-refractivity contribution in [2.75, 3.05) is 0 Å². The molecule has 6 rings (SSSR count). The number of imide groups is 6. The minimum atomic E-state index is -0.740. The number of hydrogen-bond donors (Lipinski definition) is 0. The summed E-state index contributed by atoms with van der Waals surface area (Å²) in [6.07, 6.45) is 0. The third kappa shape index (κ3) is 5.63. The lowest BCUT2D eigenvalue weighted by molar-refractivity contribution is -0.123. The highest BCUT2D eigenvalue weighted by atomic mass is 16.5. The van der Waals surface area contributed by atoms with E-state index >= 15 is 0 Å². The van der Waals surface area contributed by atoms with Crippen LogP contribution in [0.2, 0.25) is 0 Å². The molecule has 0 atom stereocenters. The first-order valence-corrected chi connectivity index (χ1v) is 15.2. The maximum atomic E-state index is 12.8. The van der Waals surface area contributed by atoms with E-state index in [0.29, 0.717) is 32.8 Å². The second kappa shape index (κ2) is 12.0. The fourth-order valence-electron chi connectivity index (χ4n) is 5.64. The van der Waals surface area contributed by atoms with Crippen molar-refractivity contribution in [3.8, 4) is 23.0 Å². The maximum absolute atomic E-state index is 12.8. The Balaban J connectivity index is 1.13. The third-order valence-corrected chi connectivity index (χ3v) is 8.48. The van der Waals surface area contributed by atoms with Crippen molar-refractivity contribution in [2.24, 2.45) is 0 Å². The Labute approximate surface area is 281 Å². The first-order chi connectivity index (χ1) is 23.2. The number of fused-ring (bicyclic) bond motifs is 2. The predicted molar refractivity (Wildman–Crippen MR) is 179 cm³/mol. The van der Waals surface area contributed by atoms with E-state index in [1.165, 1.54) is 38.1 Å². The molecule has 0 N–H and O–H groups in total. The highest BCUT2D eigenvalue weighted by Gasteiger charge is 2.41. The van der Waals surface area contributed by atoms with Crippen molar-refractivity contribution in [1.82, 2.24) is 9.80 Å². The molecule has 4 aromatic rings. The third-order valence-electron chi connectivity index (χ3n) is 8.48. The van der Waals surface area contributed by atoms with Gasteiger partial charge in [-0.05, 0) is 85.6 Å². The quantitative estimate of drug-likeness (QED) is 0.147. The molecule has 0 radical (unpaired) electrons. The van der Waals surface area contributed by atoms with Crippen molar-refractivity contribution in [3.05, 3.63) is 143 Å². The summed E-state index contributed by atoms with van der Waals surface area (Å²) in [5.74, 6) is -2.59. The molecule has 0 aromatic heterocycles. The second-order valence-electron chi connectivity index (χ2n) is 12.4. The molecular weight excluding hydrogens is 624 g/mol. The number of hydrogen-bond acceptors (Lipinski definition) is 8. The SMILES string of the molecule is C=C(C)C(=O)N1C(=O)c2ccc(Oc3ccc(C(C)(C)c4ccc(Oc5ccc6c(c5)C(=O)N(C(=O)C(=C)C)C6=O)cc4)cc3)cc2C1=O. The van der Waals surface area contributed by atoms with Gasteiger partial charge in [0.15, 0.2) is 0 Å². The van der Waals surface area contributed by atoms with Crippen LogP contribution in [-0.2, 0) is 15.0 Å². The van der Waals surface area contributed by atoms with Crippen LogP contribution in [0, 0.1) is 0 Å². The van der Waals surface area contributed by atoms with Gasteiger partial charge < -0.3 is 9.47 Å². The Morgan fingerprint density at radius 1 is 0.510 bits per heavy atom. The molecule has 0 spiro atoms. The van der Waals surface area contributed by atoms with Crippen LogP contribution in [0.5, 0.6) is 23.0 Å². The minimum absolute atomic E-state index is 0.0820. The molecule has 244 valence electrons. The van der Waals surface area contributed by atoms with E-state index in [1.807, 2.05) is 24.3 Å². The zero-order valence-corrected chi connectivity index (χ0v) is 27.2. The van der Waals surface area contributed by atoms with Crippen LogP contribution in [0.3, 0.4) is 0 Å². The molecule has 0 aliphatic carbocycles. The molecule has 10 heteroatoms. The number of amides is 6. The predicted octanol–water partition coefficient (Wildman–Crippen LogP) is 6.99. The molecule has 4 aromatic carbocycles. The highest BCUT2D eigenvalue weighted by molar-refractivity contribution is 6.32. The fraction of sp³-hybridized carbons (Fsp3) is 0.128. The summed E-state index contributed by atoms with van der Waals surface area (Å²) in [6.45, 7) is 14.1. The van der Waals surface area contributed by atoms with Crippen LogP contribution >= 0.6 is 0 Å². The second-order valence-corrected chi connectivity index (χ2v) is 12.4. The normalized spacial score (nSPS) is 13.7. The zero-order chi connectivity index (χ0) is 35.4. The van der Waals surface area contributed by atoms with Gasteiger partial charge in [-0.2, -0.15) is 0 Å². The van der Waals surface area contributed by atoms with Gasteiger partial charge in [-0.1, -0.05) is 51.3 Å². The van der Waals surface area contributed by atoms with Crippen molar-refractivity contribution < 1.29 is 38.2 Å². The first-order valence-electron chi connectivity index (χ1n) is 15.2. The summed E-state index contributed by atoms with van der Waals surface area (Å²) in [5, 5.41) is 0. The van der Waals surface area contributed by atoms with Crippen LogP contribution < -0.4 is 9.47 Å². The zero-order valence-electron chi connectivity index (χ0n) is 27.2. The molecule has 0 saturated heterocycles. The first kappa shape index (κ1) is 32.5. The van der Waals surface area contributed by atoms with E-state index in [1.54, 1.807) is 36.4 Å². The summed E-state index contributed by atoms with van der Waals surface area (Å²) in [7, 11) is 0. The molecular formula is C39H30N2O8. The molecule has 0 fully saturated rings. The summed E-state index contributed by atoms with van der Waals surface area (Å²) < 4.78 is 12.0. The lowest BCUT2D eigenvalue weighted by Crippen LogP contribution is -2.36. The van der Waals surface area contributed by atoms with Crippen LogP contribution in [0.1, 0.15) is 80.3 Å². The number of benzene rings is 4. The summed E-state index contributed by atoms with van der Waals surface area (Å²) >= 11 is 0. The lowest BCUT2D eigenvalue weighted by Gasteiger charge is -2.26. The Bertz CT molecular complexity index is 2010. The van der Waals surface area contributed by atoms with Gasteiger partial charge in [0.1, 0.15) is 23.0 Å². The van der Waals surface area contributed by atoms with Gasteiger partial charge in [-0.25, -0.2) is 9.80 Å². The minimum Gasteiger partial charge on any atom is -0.457 e. The van der Waals surface area contributed by atoms with E-state index in [2.05, 4.69) is 27.0 Å². The van der Waals surface area contributed by atoms with Gasteiger partial charge in [-0.15, -0.1) is 0 Å². The van der Waals surface area contributed by atoms with Gasteiger partial charge in [-0.3, -0.25) is 28.8 Å². The monoisotopic (exact) mass is 654 g/mol. The van der Waals surface area contributed by atoms with Crippen molar-refractivity contribution in [3.63, 3.8) is 0 Å². The topological polar surface area (TPSA) is 127 Å². The van der Waals surface area contributed by atoms with Gasteiger partial charge in [0, 0.05) is 16.6 Å². The van der Waals surface area contributed by atoms with E-state index < -0.39 is 40.9 Å². The molecule has 0 unspecified atom stereocenters. The summed E-state index contributed by atoms with van der Waals surface area (Å²) in [4.78, 5) is 76.7. The molecule has 6 amide bonds. The Morgan fingerprint density at radius 2 is 0.816 bits per heavy atom. The molecule has 2 aliphatic rings. The average Bonchev–Trinajstić information content (AvgIpc) is 3.47. The average molecular weight is 655 g/mol. The molecule has 0 bridgehead atoms. The van der Waals surface area contributed by atoms with Crippen LogP contribution in [0.25, 0.3) is 0 Å². The largest absolute Gasteiger partial charge is 0.457 e. The van der Waals surface area contributed by atoms with Crippen LogP contribution in [-0.4, -0.2) is 45.2 Å². The van der Waals surface area contributed by atoms with E-state index in [4.69, 9.17) is 9.47 Å². The lowest BCUT2D eigenvalue weighted by atomic mass is 9.78. The number of rotatable bonds is 8. The summed E-state index contributed by atoms with van der Waals surface area (Å²) in [5.41, 5.74) is 2.16. The number of carbonyl (C=O) groups is 6. The van der Waals surface area contributed by atoms with Gasteiger partial charge in [0.2, 0.25) is 0 Å². The summed E-state index contributed by atoms with van der Waals surface area (Å²) in [6, 6.07) is 23.9. The van der Waals surface area contributed by atoms with Gasteiger partial charge in [0.05, 0.1) is 22.3 Å². The van der Waals surface area contributed by atoms with Crippen molar-refractivity contribution >= 4 is 35.4 Å². The van der Waals surface area contributed by atoms with Crippen molar-refractivity contribution in [1.29, 1.82) is 0 Å². The maximum Gasteiger partial charge on any atom is 0.268 e. The standard InChI is InChI=1S/C39H30N2O8/c1-21(2)33(42)40-35(44)29-17-15-27(19-31(29)37(40)46)48-25-11-7-23(8-12-25)39(5,6)24-9-13-26(14-10-24)49-28-16-18-30-32(20-28)38(47)41(36(30)45)34(43)22(3)4/h7-20H,1,3H2,2,4-6H3. The Morgan fingerprint density at radius 3 is 1.14 bits per heavy atom. The fourth-order valence-corrected chi connectivity index (χ4v) is 5.64. The molecule has 10 nitrogen and oxygen atoms in total. The Kier molecular flexibility index (Phi) is 7.95. The van der Waals surface area contributed by atoms with E-state index in [-0.39, 0.29) is 33.4 Å². The van der Waals surface area contributed by atoms with Gasteiger partial charge >= 0.3 is 0 Å². The number of nitrogens with zero attached hydrogens (tertiary/aromatic N) is 2. The van der Waals surface area contributed by atoms with Crippen LogP contribution in [0.4, 0.5) is 0 Å².